The number of alkyl halides is 3. The zero-order valence-corrected chi connectivity index (χ0v) is 13.0. The van der Waals surface area contributed by atoms with Gasteiger partial charge >= 0.3 is 18.0 Å². The van der Waals surface area contributed by atoms with Gasteiger partial charge in [-0.3, -0.25) is 4.57 Å². The molecule has 2 aromatic rings. The van der Waals surface area contributed by atoms with Crippen LogP contribution in [-0.2, 0) is 12.7 Å². The smallest absolute Gasteiger partial charge is 0.417 e. The van der Waals surface area contributed by atoms with Gasteiger partial charge in [0.05, 0.1) is 5.56 Å². The summed E-state index contributed by atoms with van der Waals surface area (Å²) in [4.78, 5) is 17.5. The summed E-state index contributed by atoms with van der Waals surface area (Å²) in [6.07, 6.45) is -2.01. The molecule has 0 aromatic carbocycles. The summed E-state index contributed by atoms with van der Waals surface area (Å²) in [6, 6.07) is 2.10. The van der Waals surface area contributed by atoms with Gasteiger partial charge in [-0.1, -0.05) is 0 Å². The van der Waals surface area contributed by atoms with E-state index >= 15 is 0 Å². The Morgan fingerprint density at radius 1 is 1.48 bits per heavy atom. The number of hydrogen-bond donors (Lipinski definition) is 0. The van der Waals surface area contributed by atoms with Gasteiger partial charge in [0.1, 0.15) is 18.4 Å². The van der Waals surface area contributed by atoms with E-state index in [0.717, 1.165) is 12.1 Å². The van der Waals surface area contributed by atoms with Crippen molar-refractivity contribution in [2.24, 2.45) is 0 Å². The zero-order valence-electron chi connectivity index (χ0n) is 13.0. The molecule has 3 rings (SSSR count). The van der Waals surface area contributed by atoms with Crippen LogP contribution in [0.5, 0.6) is 11.9 Å². The molecule has 0 fully saturated rings. The third kappa shape index (κ3) is 3.64. The van der Waals surface area contributed by atoms with Crippen LogP contribution in [0.25, 0.3) is 0 Å². The summed E-state index contributed by atoms with van der Waals surface area (Å²) in [5.41, 5.74) is -1.70. The molecular weight excluding hydrogens is 345 g/mol. The van der Waals surface area contributed by atoms with Gasteiger partial charge in [0, 0.05) is 30.2 Å². The summed E-state index contributed by atoms with van der Waals surface area (Å²) >= 11 is 0. The Hall–Kier alpha value is -2.85. The monoisotopic (exact) mass is 358 g/mol. The van der Waals surface area contributed by atoms with E-state index in [4.69, 9.17) is 9.47 Å². The zero-order chi connectivity index (χ0) is 18.2. The Bertz CT molecular complexity index is 790. The van der Waals surface area contributed by atoms with Gasteiger partial charge < -0.3 is 19.6 Å². The number of aryl methyl sites for hydroxylation is 1. The van der Waals surface area contributed by atoms with Crippen LogP contribution in [0.2, 0.25) is 0 Å². The van der Waals surface area contributed by atoms with Crippen molar-refractivity contribution in [3.05, 3.63) is 40.2 Å². The molecule has 0 saturated carbocycles. The van der Waals surface area contributed by atoms with Crippen LogP contribution in [0, 0.1) is 10.1 Å². The van der Waals surface area contributed by atoms with Gasteiger partial charge in [0.25, 0.3) is 0 Å². The average Bonchev–Trinajstić information content (AvgIpc) is 2.96. The molecule has 0 saturated heterocycles. The highest BCUT2D eigenvalue weighted by atomic mass is 19.4. The number of pyridine rings is 1. The fourth-order valence-corrected chi connectivity index (χ4v) is 2.31. The molecular formula is C14H13F3N4O4. The van der Waals surface area contributed by atoms with E-state index in [1.807, 2.05) is 0 Å². The highest BCUT2D eigenvalue weighted by molar-refractivity contribution is 5.23. The topological polar surface area (TPSA) is 92.3 Å². The number of fused-ring (bicyclic) bond motifs is 1. The van der Waals surface area contributed by atoms with Crippen LogP contribution in [0.3, 0.4) is 0 Å². The van der Waals surface area contributed by atoms with Gasteiger partial charge in [0.2, 0.25) is 5.88 Å². The van der Waals surface area contributed by atoms with Gasteiger partial charge in [-0.2, -0.15) is 13.2 Å². The van der Waals surface area contributed by atoms with Gasteiger partial charge in [-0.15, -0.1) is 0 Å². The second-order valence-corrected chi connectivity index (χ2v) is 5.81. The Morgan fingerprint density at radius 2 is 2.24 bits per heavy atom. The van der Waals surface area contributed by atoms with Crippen molar-refractivity contribution >= 4 is 5.82 Å². The van der Waals surface area contributed by atoms with E-state index in [-0.39, 0.29) is 24.3 Å². The second-order valence-electron chi connectivity index (χ2n) is 5.81. The first kappa shape index (κ1) is 17.0. The first-order chi connectivity index (χ1) is 11.7. The molecule has 3 heterocycles. The largest absolute Gasteiger partial charge is 0.473 e. The molecule has 0 N–H and O–H groups in total. The lowest BCUT2D eigenvalue weighted by Crippen LogP contribution is -2.43. The Labute approximate surface area is 139 Å². The second kappa shape index (κ2) is 5.90. The molecule has 134 valence electrons. The van der Waals surface area contributed by atoms with Gasteiger partial charge in [-0.25, -0.2) is 4.98 Å². The molecule has 1 atom stereocenters. The maximum absolute atomic E-state index is 12.5. The number of aromatic nitrogens is 3. The van der Waals surface area contributed by atoms with Crippen LogP contribution < -0.4 is 9.47 Å². The van der Waals surface area contributed by atoms with E-state index in [1.54, 1.807) is 6.92 Å². The van der Waals surface area contributed by atoms with Crippen LogP contribution in [0.4, 0.5) is 19.0 Å². The predicted octanol–water partition coefficient (Wildman–Crippen LogP) is 2.83. The highest BCUT2D eigenvalue weighted by Crippen LogP contribution is 2.31. The molecule has 1 aliphatic heterocycles. The molecule has 0 amide bonds. The summed E-state index contributed by atoms with van der Waals surface area (Å²) < 4.78 is 50.1. The predicted molar refractivity (Wildman–Crippen MR) is 77.3 cm³/mol. The van der Waals surface area contributed by atoms with Gasteiger partial charge in [-0.05, 0) is 17.9 Å². The third-order valence-corrected chi connectivity index (χ3v) is 3.72. The molecule has 0 spiro atoms. The summed E-state index contributed by atoms with van der Waals surface area (Å²) in [7, 11) is 0. The van der Waals surface area contributed by atoms with E-state index in [2.05, 4.69) is 9.97 Å². The summed E-state index contributed by atoms with van der Waals surface area (Å²) in [5, 5.41) is 10.8. The van der Waals surface area contributed by atoms with Crippen molar-refractivity contribution in [1.82, 2.24) is 14.5 Å². The van der Waals surface area contributed by atoms with Crippen molar-refractivity contribution in [3.63, 3.8) is 0 Å². The Morgan fingerprint density at radius 3 is 2.84 bits per heavy atom. The first-order valence-electron chi connectivity index (χ1n) is 7.23. The Kier molecular flexibility index (Phi) is 4.01. The molecule has 11 heteroatoms. The standard InChI is InChI=1S/C14H13F3N4O4/c1-13(4-5-20-7-10(21(22)23)19-12(20)25-13)8-24-11-3-2-9(6-18-11)14(15,16)17/h2-3,6-7H,4-5,8H2,1H3/t13-/m1/s1. The number of nitrogens with zero attached hydrogens (tertiary/aromatic N) is 4. The number of hydrogen-bond acceptors (Lipinski definition) is 6. The van der Waals surface area contributed by atoms with E-state index in [0.29, 0.717) is 19.2 Å². The first-order valence-corrected chi connectivity index (χ1v) is 7.23. The lowest BCUT2D eigenvalue weighted by molar-refractivity contribution is -0.389. The quantitative estimate of drug-likeness (QED) is 0.616. The minimum absolute atomic E-state index is 0.00597. The SMILES string of the molecule is C[C@]1(COc2ccc(C(F)(F)F)cn2)CCn2cc([N+](=O)[O-])nc2O1. The highest BCUT2D eigenvalue weighted by Gasteiger charge is 2.37. The van der Waals surface area contributed by atoms with Crippen molar-refractivity contribution in [2.45, 2.75) is 31.7 Å². The normalized spacial score (nSPS) is 19.8. The molecule has 0 bridgehead atoms. The van der Waals surface area contributed by atoms with Crippen LogP contribution in [0.15, 0.2) is 24.5 Å². The lowest BCUT2D eigenvalue weighted by atomic mass is 10.0. The van der Waals surface area contributed by atoms with E-state index < -0.39 is 22.3 Å². The van der Waals surface area contributed by atoms with Crippen molar-refractivity contribution in [2.75, 3.05) is 6.61 Å². The minimum atomic E-state index is -4.46. The fraction of sp³-hybridized carbons (Fsp3) is 0.429. The molecule has 0 radical (unpaired) electrons. The van der Waals surface area contributed by atoms with Crippen LogP contribution in [-0.4, -0.2) is 31.7 Å². The Balaban J connectivity index is 1.65. The van der Waals surface area contributed by atoms with Crippen LogP contribution in [0.1, 0.15) is 18.9 Å². The molecule has 1 aliphatic rings. The van der Waals surface area contributed by atoms with Crippen molar-refractivity contribution in [3.8, 4) is 11.9 Å². The van der Waals surface area contributed by atoms with Crippen molar-refractivity contribution in [1.29, 1.82) is 0 Å². The molecule has 25 heavy (non-hydrogen) atoms. The number of rotatable bonds is 4. The van der Waals surface area contributed by atoms with Crippen molar-refractivity contribution < 1.29 is 27.6 Å². The molecule has 0 unspecified atom stereocenters. The van der Waals surface area contributed by atoms with E-state index in [9.17, 15) is 23.3 Å². The van der Waals surface area contributed by atoms with E-state index in [1.165, 1.54) is 10.8 Å². The summed E-state index contributed by atoms with van der Waals surface area (Å²) in [6.45, 7) is 2.17. The van der Waals surface area contributed by atoms with Crippen LogP contribution >= 0.6 is 0 Å². The third-order valence-electron chi connectivity index (χ3n) is 3.72. The lowest BCUT2D eigenvalue weighted by Gasteiger charge is -2.32. The minimum Gasteiger partial charge on any atom is -0.473 e. The molecule has 8 nitrogen and oxygen atoms in total. The number of nitro groups is 1. The molecule has 2 aromatic heterocycles. The fourth-order valence-electron chi connectivity index (χ4n) is 2.31. The summed E-state index contributed by atoms with van der Waals surface area (Å²) in [5.74, 6) is -0.290. The maximum atomic E-state index is 12.5. The number of ether oxygens (including phenoxy) is 2. The molecule has 0 aliphatic carbocycles. The number of halogens is 3. The number of imidazole rings is 1. The average molecular weight is 358 g/mol. The van der Waals surface area contributed by atoms with Gasteiger partial charge in [0.15, 0.2) is 0 Å². The maximum Gasteiger partial charge on any atom is 0.417 e.